The normalized spacial score (nSPS) is 11.0. The lowest BCUT2D eigenvalue weighted by Gasteiger charge is -2.15. The van der Waals surface area contributed by atoms with Gasteiger partial charge < -0.3 is 9.32 Å². The molecule has 3 aromatic rings. The van der Waals surface area contributed by atoms with Crippen LogP contribution in [0.2, 0.25) is 0 Å². The van der Waals surface area contributed by atoms with Gasteiger partial charge in [0.1, 0.15) is 11.5 Å². The van der Waals surface area contributed by atoms with Gasteiger partial charge in [0.2, 0.25) is 5.91 Å². The Morgan fingerprint density at radius 3 is 2.82 bits per heavy atom. The number of benzene rings is 1. The molecule has 1 amide bonds. The van der Waals surface area contributed by atoms with Gasteiger partial charge in [-0.2, -0.15) is 0 Å². The minimum atomic E-state index is 0.105. The van der Waals surface area contributed by atoms with Gasteiger partial charge in [0, 0.05) is 19.9 Å². The Kier molecular flexibility index (Phi) is 4.24. The summed E-state index contributed by atoms with van der Waals surface area (Å²) in [7, 11) is 1.80. The van der Waals surface area contributed by atoms with Crippen molar-refractivity contribution < 1.29 is 9.21 Å². The van der Waals surface area contributed by atoms with Gasteiger partial charge in [-0.25, -0.2) is 4.98 Å². The molecule has 0 atom stereocenters. The highest BCUT2D eigenvalue weighted by atomic mass is 32.1. The highest BCUT2D eigenvalue weighted by Crippen LogP contribution is 2.22. The number of carbonyl (C=O) groups excluding carboxylic acids is 1. The van der Waals surface area contributed by atoms with Gasteiger partial charge in [-0.3, -0.25) is 4.79 Å². The van der Waals surface area contributed by atoms with Crippen LogP contribution in [0.1, 0.15) is 22.9 Å². The first kappa shape index (κ1) is 14.8. The molecule has 22 heavy (non-hydrogen) atoms. The molecule has 2 heterocycles. The maximum atomic E-state index is 12.2. The van der Waals surface area contributed by atoms with Gasteiger partial charge in [-0.1, -0.05) is 12.1 Å². The molecule has 2 aromatic heterocycles. The van der Waals surface area contributed by atoms with E-state index < -0.39 is 0 Å². The van der Waals surface area contributed by atoms with E-state index in [0.29, 0.717) is 19.4 Å². The van der Waals surface area contributed by atoms with E-state index >= 15 is 0 Å². The predicted octanol–water partition coefficient (Wildman–Crippen LogP) is 3.79. The van der Waals surface area contributed by atoms with Crippen molar-refractivity contribution >= 4 is 27.5 Å². The molecule has 0 radical (unpaired) electrons. The molecular weight excluding hydrogens is 296 g/mol. The first-order valence-electron chi connectivity index (χ1n) is 7.25. The molecular formula is C17H18N2O2S. The fourth-order valence-electron chi connectivity index (χ4n) is 2.32. The molecule has 3 rings (SSSR count). The smallest absolute Gasteiger partial charge is 0.223 e. The van der Waals surface area contributed by atoms with E-state index in [0.717, 1.165) is 22.0 Å². The van der Waals surface area contributed by atoms with E-state index in [-0.39, 0.29) is 5.91 Å². The lowest BCUT2D eigenvalue weighted by Crippen LogP contribution is -2.26. The fourth-order valence-corrected chi connectivity index (χ4v) is 3.29. The number of thiazole rings is 1. The molecule has 0 aliphatic rings. The Morgan fingerprint density at radius 1 is 1.27 bits per heavy atom. The Morgan fingerprint density at radius 2 is 2.09 bits per heavy atom. The SMILES string of the molecule is Cc1ccc(CN(C)C(=O)CCc2nc3ccccc3s2)o1. The number of aryl methyl sites for hydroxylation is 2. The summed E-state index contributed by atoms with van der Waals surface area (Å²) in [6, 6.07) is 11.9. The van der Waals surface area contributed by atoms with Crippen molar-refractivity contribution in [3.63, 3.8) is 0 Å². The van der Waals surface area contributed by atoms with Crippen LogP contribution in [-0.4, -0.2) is 22.8 Å². The molecule has 0 saturated carbocycles. The molecule has 0 N–H and O–H groups in total. The van der Waals surface area contributed by atoms with Gasteiger partial charge in [0.25, 0.3) is 0 Å². The Balaban J connectivity index is 1.57. The van der Waals surface area contributed by atoms with Crippen molar-refractivity contribution in [2.75, 3.05) is 7.05 Å². The zero-order valence-electron chi connectivity index (χ0n) is 12.7. The molecule has 1 aromatic carbocycles. The number of amides is 1. The van der Waals surface area contributed by atoms with Crippen LogP contribution >= 0.6 is 11.3 Å². The number of rotatable bonds is 5. The maximum absolute atomic E-state index is 12.2. The zero-order valence-corrected chi connectivity index (χ0v) is 13.5. The number of carbonyl (C=O) groups is 1. The quantitative estimate of drug-likeness (QED) is 0.720. The van der Waals surface area contributed by atoms with Crippen LogP contribution < -0.4 is 0 Å². The average Bonchev–Trinajstić information content (AvgIpc) is 3.10. The van der Waals surface area contributed by atoms with E-state index in [2.05, 4.69) is 11.1 Å². The third-order valence-corrected chi connectivity index (χ3v) is 4.60. The molecule has 4 nitrogen and oxygen atoms in total. The second-order valence-electron chi connectivity index (χ2n) is 5.34. The Labute approximate surface area is 133 Å². The van der Waals surface area contributed by atoms with Crippen LogP contribution in [0.15, 0.2) is 40.8 Å². The van der Waals surface area contributed by atoms with Crippen molar-refractivity contribution in [2.45, 2.75) is 26.3 Å². The number of fused-ring (bicyclic) bond motifs is 1. The van der Waals surface area contributed by atoms with Crippen molar-refractivity contribution in [3.8, 4) is 0 Å². The van der Waals surface area contributed by atoms with Gasteiger partial charge in [-0.05, 0) is 31.2 Å². The number of nitrogens with zero attached hydrogens (tertiary/aromatic N) is 2. The number of hydrogen-bond donors (Lipinski definition) is 0. The van der Waals surface area contributed by atoms with Crippen LogP contribution in [-0.2, 0) is 17.8 Å². The summed E-state index contributed by atoms with van der Waals surface area (Å²) in [5.41, 5.74) is 1.01. The van der Waals surface area contributed by atoms with Crippen LogP contribution in [0, 0.1) is 6.92 Å². The van der Waals surface area contributed by atoms with Crippen LogP contribution in [0.5, 0.6) is 0 Å². The fraction of sp³-hybridized carbons (Fsp3) is 0.294. The first-order chi connectivity index (χ1) is 10.6. The summed E-state index contributed by atoms with van der Waals surface area (Å²) in [5.74, 6) is 1.78. The lowest BCUT2D eigenvalue weighted by molar-refractivity contribution is -0.130. The van der Waals surface area contributed by atoms with Gasteiger partial charge in [0.15, 0.2) is 0 Å². The van der Waals surface area contributed by atoms with Gasteiger partial charge in [-0.15, -0.1) is 11.3 Å². The first-order valence-corrected chi connectivity index (χ1v) is 8.07. The van der Waals surface area contributed by atoms with Crippen LogP contribution in [0.3, 0.4) is 0 Å². The lowest BCUT2D eigenvalue weighted by atomic mass is 10.3. The average molecular weight is 314 g/mol. The Hall–Kier alpha value is -2.14. The number of para-hydroxylation sites is 1. The minimum absolute atomic E-state index is 0.105. The van der Waals surface area contributed by atoms with E-state index in [9.17, 15) is 4.79 Å². The molecule has 114 valence electrons. The van der Waals surface area contributed by atoms with Crippen LogP contribution in [0.25, 0.3) is 10.2 Å². The predicted molar refractivity (Wildman–Crippen MR) is 87.9 cm³/mol. The molecule has 0 spiro atoms. The maximum Gasteiger partial charge on any atom is 0.223 e. The van der Waals surface area contributed by atoms with Gasteiger partial charge in [0.05, 0.1) is 21.8 Å². The summed E-state index contributed by atoms with van der Waals surface area (Å²) in [4.78, 5) is 18.5. The van der Waals surface area contributed by atoms with Crippen molar-refractivity contribution in [3.05, 3.63) is 52.9 Å². The molecule has 0 unspecified atom stereocenters. The molecule has 0 fully saturated rings. The zero-order chi connectivity index (χ0) is 15.5. The largest absolute Gasteiger partial charge is 0.464 e. The monoisotopic (exact) mass is 314 g/mol. The van der Waals surface area contributed by atoms with Crippen molar-refractivity contribution in [2.24, 2.45) is 0 Å². The summed E-state index contributed by atoms with van der Waals surface area (Å²) < 4.78 is 6.67. The van der Waals surface area contributed by atoms with Crippen molar-refractivity contribution in [1.82, 2.24) is 9.88 Å². The molecule has 0 bridgehead atoms. The highest BCUT2D eigenvalue weighted by Gasteiger charge is 2.12. The summed E-state index contributed by atoms with van der Waals surface area (Å²) in [5, 5.41) is 1.01. The number of aromatic nitrogens is 1. The minimum Gasteiger partial charge on any atom is -0.464 e. The standard InChI is InChI=1S/C17H18N2O2S/c1-12-7-8-13(21-12)11-19(2)17(20)10-9-16-18-14-5-3-4-6-15(14)22-16/h3-8H,9-11H2,1-2H3. The summed E-state index contributed by atoms with van der Waals surface area (Å²) in [6.07, 6.45) is 1.15. The van der Waals surface area contributed by atoms with E-state index in [4.69, 9.17) is 4.42 Å². The summed E-state index contributed by atoms with van der Waals surface area (Å²) in [6.45, 7) is 2.41. The summed E-state index contributed by atoms with van der Waals surface area (Å²) >= 11 is 1.66. The topological polar surface area (TPSA) is 46.3 Å². The van der Waals surface area contributed by atoms with Crippen molar-refractivity contribution in [1.29, 1.82) is 0 Å². The molecule has 5 heteroatoms. The third kappa shape index (κ3) is 3.36. The third-order valence-electron chi connectivity index (χ3n) is 3.51. The molecule has 0 saturated heterocycles. The molecule has 0 aliphatic carbocycles. The van der Waals surface area contributed by atoms with Gasteiger partial charge >= 0.3 is 0 Å². The van der Waals surface area contributed by atoms with E-state index in [1.165, 1.54) is 4.70 Å². The van der Waals surface area contributed by atoms with E-state index in [1.54, 1.807) is 23.3 Å². The highest BCUT2D eigenvalue weighted by molar-refractivity contribution is 7.18. The second-order valence-corrected chi connectivity index (χ2v) is 6.45. The number of hydrogen-bond acceptors (Lipinski definition) is 4. The Bertz CT molecular complexity index is 758. The second kappa shape index (κ2) is 6.32. The molecule has 0 aliphatic heterocycles. The number of furan rings is 1. The van der Waals surface area contributed by atoms with E-state index in [1.807, 2.05) is 37.3 Å². The van der Waals surface area contributed by atoms with Crippen LogP contribution in [0.4, 0.5) is 0 Å².